The third kappa shape index (κ3) is 6.11. The molecule has 10 rings (SSSR count). The number of hydrogen-bond donors (Lipinski definition) is 0. The molecule has 0 N–H and O–H groups in total. The molecule has 0 saturated carbocycles. The molecule has 1 heterocycles. The lowest BCUT2D eigenvalue weighted by atomic mass is 10.0. The van der Waals surface area contributed by atoms with Gasteiger partial charge in [0.15, 0.2) is 0 Å². The average Bonchev–Trinajstić information content (AvgIpc) is 3.62. The minimum atomic E-state index is 1.09. The summed E-state index contributed by atoms with van der Waals surface area (Å²) in [7, 11) is 0. The van der Waals surface area contributed by atoms with Crippen LogP contribution in [0.2, 0.25) is 0 Å². The molecule has 0 aliphatic carbocycles. The van der Waals surface area contributed by atoms with E-state index in [1.807, 2.05) is 11.3 Å². The smallest absolute Gasteiger partial charge is 0.0883 e. The summed E-state index contributed by atoms with van der Waals surface area (Å²) >= 11 is 1.88. The van der Waals surface area contributed by atoms with E-state index in [0.717, 1.165) is 34.1 Å². The number of thiophene rings is 1. The molecule has 2 nitrogen and oxygen atoms in total. The molecule has 0 spiro atoms. The Morgan fingerprint density at radius 3 is 1.35 bits per heavy atom. The van der Waals surface area contributed by atoms with Crippen molar-refractivity contribution >= 4 is 76.4 Å². The Hall–Kier alpha value is -6.94. The number of nitrogens with zero attached hydrogens (tertiary/aromatic N) is 2. The van der Waals surface area contributed by atoms with Gasteiger partial charge in [-0.2, -0.15) is 0 Å². The topological polar surface area (TPSA) is 6.48 Å². The van der Waals surface area contributed by atoms with Crippen LogP contribution in [0.3, 0.4) is 0 Å². The lowest BCUT2D eigenvalue weighted by Gasteiger charge is -2.34. The maximum atomic E-state index is 2.47. The van der Waals surface area contributed by atoms with E-state index >= 15 is 0 Å². The van der Waals surface area contributed by atoms with Crippen LogP contribution in [0.15, 0.2) is 218 Å². The number of benzene rings is 9. The molecule has 0 radical (unpaired) electrons. The molecule has 10 aromatic rings. The molecule has 0 saturated heterocycles. The Labute approximate surface area is 325 Å². The van der Waals surface area contributed by atoms with E-state index in [-0.39, 0.29) is 0 Å². The van der Waals surface area contributed by atoms with E-state index in [1.54, 1.807) is 0 Å². The Bertz CT molecular complexity index is 2920. The number of para-hydroxylation sites is 2. The van der Waals surface area contributed by atoms with Gasteiger partial charge in [0.25, 0.3) is 0 Å². The molecule has 0 amide bonds. The van der Waals surface area contributed by atoms with E-state index < -0.39 is 0 Å². The summed E-state index contributed by atoms with van der Waals surface area (Å²) < 4.78 is 2.51. The van der Waals surface area contributed by atoms with E-state index in [0.29, 0.717) is 0 Å². The lowest BCUT2D eigenvalue weighted by molar-refractivity contribution is 1.24. The van der Waals surface area contributed by atoms with Crippen LogP contribution in [0.25, 0.3) is 53.2 Å². The van der Waals surface area contributed by atoms with Crippen LogP contribution >= 0.6 is 11.3 Å². The van der Waals surface area contributed by atoms with Crippen molar-refractivity contribution in [2.75, 3.05) is 9.80 Å². The molecule has 0 fully saturated rings. The predicted molar refractivity (Wildman–Crippen MR) is 237 cm³/mol. The van der Waals surface area contributed by atoms with Gasteiger partial charge in [-0.1, -0.05) is 152 Å². The van der Waals surface area contributed by atoms with Crippen LogP contribution in [-0.4, -0.2) is 0 Å². The number of rotatable bonds is 8. The zero-order valence-corrected chi connectivity index (χ0v) is 30.9. The number of fused-ring (bicyclic) bond motifs is 4. The highest BCUT2D eigenvalue weighted by Crippen LogP contribution is 2.53. The zero-order valence-electron chi connectivity index (χ0n) is 30.1. The van der Waals surface area contributed by atoms with Gasteiger partial charge in [-0.3, -0.25) is 0 Å². The zero-order chi connectivity index (χ0) is 36.6. The highest BCUT2D eigenvalue weighted by Gasteiger charge is 2.27. The molecular weight excluding hydrogens is 685 g/mol. The first-order chi connectivity index (χ1) is 27.3. The number of hydrogen-bond acceptors (Lipinski definition) is 3. The molecule has 1 aromatic heterocycles. The third-order valence-corrected chi connectivity index (χ3v) is 11.6. The Kier molecular flexibility index (Phi) is 8.40. The van der Waals surface area contributed by atoms with E-state index in [4.69, 9.17) is 0 Å². The van der Waals surface area contributed by atoms with Crippen molar-refractivity contribution in [1.82, 2.24) is 0 Å². The monoisotopic (exact) mass is 720 g/mol. The predicted octanol–water partition coefficient (Wildman–Crippen LogP) is 15.5. The van der Waals surface area contributed by atoms with Crippen LogP contribution in [0, 0.1) is 0 Å². The molecule has 0 unspecified atom stereocenters. The van der Waals surface area contributed by atoms with Crippen LogP contribution in [0.4, 0.5) is 34.1 Å². The Balaban J connectivity index is 1.30. The lowest BCUT2D eigenvalue weighted by Crippen LogP contribution is -2.17. The van der Waals surface area contributed by atoms with Gasteiger partial charge < -0.3 is 9.80 Å². The number of anilines is 6. The van der Waals surface area contributed by atoms with Gasteiger partial charge in [-0.25, -0.2) is 0 Å². The average molecular weight is 721 g/mol. The molecule has 0 aliphatic rings. The molecule has 260 valence electrons. The van der Waals surface area contributed by atoms with Crippen molar-refractivity contribution < 1.29 is 0 Å². The highest BCUT2D eigenvalue weighted by molar-refractivity contribution is 7.26. The molecule has 3 heteroatoms. The first kappa shape index (κ1) is 32.7. The summed E-state index contributed by atoms with van der Waals surface area (Å²) in [5.41, 5.74) is 11.3. The summed E-state index contributed by atoms with van der Waals surface area (Å²) in [5.74, 6) is 0. The van der Waals surface area contributed by atoms with Gasteiger partial charge in [-0.15, -0.1) is 11.3 Å². The molecule has 0 atom stereocenters. The standard InChI is InChI=1S/C52H36N2S/c1-5-17-37(18-6-1)39-23-15-29-45(33-39)53(43-25-9-3-10-26-43)49-32-31-47-48-35-41-21-13-14-22-42(41)36-50(48)55-52(47)51(49)54(44-27-11-4-12-28-44)46-30-16-24-40(34-46)38-19-7-2-8-20-38/h1-36H. The SMILES string of the molecule is c1ccc(-c2cccc(N(c3ccccc3)c3ccc4c(sc5cc6ccccc6cc54)c3N(c3ccccc3)c3cccc(-c4ccccc4)c3)c2)cc1. The maximum absolute atomic E-state index is 2.47. The van der Waals surface area contributed by atoms with E-state index in [9.17, 15) is 0 Å². The maximum Gasteiger partial charge on any atom is 0.0883 e. The first-order valence-corrected chi connectivity index (χ1v) is 19.5. The molecule has 0 aliphatic heterocycles. The van der Waals surface area contributed by atoms with Gasteiger partial charge in [0.2, 0.25) is 0 Å². The first-order valence-electron chi connectivity index (χ1n) is 18.7. The Morgan fingerprint density at radius 1 is 0.309 bits per heavy atom. The summed E-state index contributed by atoms with van der Waals surface area (Å²) in [5, 5.41) is 5.02. The van der Waals surface area contributed by atoms with Crippen molar-refractivity contribution in [3.63, 3.8) is 0 Å². The van der Waals surface area contributed by atoms with Crippen molar-refractivity contribution in [3.8, 4) is 22.3 Å². The molecule has 0 bridgehead atoms. The summed E-state index contributed by atoms with van der Waals surface area (Å²) in [4.78, 5) is 4.90. The van der Waals surface area contributed by atoms with Crippen LogP contribution in [0.1, 0.15) is 0 Å². The summed E-state index contributed by atoms with van der Waals surface area (Å²) in [6, 6.07) is 78.9. The quantitative estimate of drug-likeness (QED) is 0.154. The van der Waals surface area contributed by atoms with Gasteiger partial charge in [0.05, 0.1) is 16.1 Å². The molecular formula is C52H36N2S. The van der Waals surface area contributed by atoms with E-state index in [1.165, 1.54) is 53.2 Å². The fraction of sp³-hybridized carbons (Fsp3) is 0. The van der Waals surface area contributed by atoms with Crippen molar-refractivity contribution in [3.05, 3.63) is 218 Å². The summed E-state index contributed by atoms with van der Waals surface area (Å²) in [6.07, 6.45) is 0. The van der Waals surface area contributed by atoms with E-state index in [2.05, 4.69) is 228 Å². The second kappa shape index (κ2) is 14.1. The van der Waals surface area contributed by atoms with Gasteiger partial charge in [0, 0.05) is 38.2 Å². The molecule has 9 aromatic carbocycles. The van der Waals surface area contributed by atoms with Crippen LogP contribution in [0.5, 0.6) is 0 Å². The summed E-state index contributed by atoms with van der Waals surface area (Å²) in [6.45, 7) is 0. The van der Waals surface area contributed by atoms with Crippen LogP contribution < -0.4 is 9.80 Å². The minimum absolute atomic E-state index is 1.09. The van der Waals surface area contributed by atoms with Gasteiger partial charge >= 0.3 is 0 Å². The fourth-order valence-electron chi connectivity index (χ4n) is 7.80. The van der Waals surface area contributed by atoms with Crippen molar-refractivity contribution in [1.29, 1.82) is 0 Å². The highest BCUT2D eigenvalue weighted by atomic mass is 32.1. The second-order valence-electron chi connectivity index (χ2n) is 13.8. The van der Waals surface area contributed by atoms with Gasteiger partial charge in [0.1, 0.15) is 0 Å². The van der Waals surface area contributed by atoms with Crippen LogP contribution in [-0.2, 0) is 0 Å². The largest absolute Gasteiger partial charge is 0.308 e. The normalized spacial score (nSPS) is 11.3. The van der Waals surface area contributed by atoms with Gasteiger partial charge in [-0.05, 0) is 99.8 Å². The Morgan fingerprint density at radius 2 is 0.764 bits per heavy atom. The van der Waals surface area contributed by atoms with Crippen molar-refractivity contribution in [2.24, 2.45) is 0 Å². The fourth-order valence-corrected chi connectivity index (χ4v) is 9.06. The minimum Gasteiger partial charge on any atom is -0.308 e. The van der Waals surface area contributed by atoms with Crippen molar-refractivity contribution in [2.45, 2.75) is 0 Å². The second-order valence-corrected chi connectivity index (χ2v) is 14.8. The molecule has 55 heavy (non-hydrogen) atoms. The third-order valence-electron chi connectivity index (χ3n) is 10.4.